The first-order chi connectivity index (χ1) is 37.5. The average molecular weight is 1050 g/mol. The van der Waals surface area contributed by atoms with E-state index in [9.17, 15) is 14.4 Å². The second-order valence-electron chi connectivity index (χ2n) is 20.6. The van der Waals surface area contributed by atoms with Gasteiger partial charge in [-0.3, -0.25) is 14.4 Å². The summed E-state index contributed by atoms with van der Waals surface area (Å²) in [7, 11) is 0. The maximum atomic E-state index is 12.8. The fourth-order valence-corrected chi connectivity index (χ4v) is 8.49. The highest BCUT2D eigenvalue weighted by Crippen LogP contribution is 2.15. The van der Waals surface area contributed by atoms with Crippen LogP contribution in [0.3, 0.4) is 0 Å². The normalized spacial score (nSPS) is 12.9. The van der Waals surface area contributed by atoms with Crippen molar-refractivity contribution < 1.29 is 28.6 Å². The van der Waals surface area contributed by atoms with Crippen molar-refractivity contribution in [1.29, 1.82) is 0 Å². The van der Waals surface area contributed by atoms with E-state index in [-0.39, 0.29) is 31.1 Å². The van der Waals surface area contributed by atoms with Gasteiger partial charge < -0.3 is 14.2 Å². The standard InChI is InChI=1S/C70H116O6/c1-4-7-10-13-16-19-21-23-25-27-28-29-30-31-32-33-34-35-36-37-38-39-40-41-42-43-45-46-48-51-54-57-60-63-69(72)75-66-67(65-74-68(71)62-59-56-53-50-18-15-12-9-6-3)76-70(73)64-61-58-55-52-49-47-44-26-24-22-20-17-14-11-8-5-2/h7,10,16,19-20,22-23,25-26,28-29,31-32,34-35,37-38,40-41,44,67H,4-6,8-9,11-15,17-18,21,24,27,30,33,36,39,42-43,45-66H2,1-3H3/b10-7-,19-16-,22-20-,25-23-,29-28-,32-31-,35-34-,38-37-,41-40-,44-26-. The molecule has 0 saturated heterocycles. The highest BCUT2D eigenvalue weighted by molar-refractivity contribution is 5.71. The number of allylic oxidation sites excluding steroid dienone is 20. The highest BCUT2D eigenvalue weighted by atomic mass is 16.6. The first-order valence-electron chi connectivity index (χ1n) is 31.5. The van der Waals surface area contributed by atoms with Gasteiger partial charge in [-0.1, -0.05) is 271 Å². The molecule has 6 heteroatoms. The smallest absolute Gasteiger partial charge is 0.306 e. The van der Waals surface area contributed by atoms with Crippen LogP contribution in [-0.2, 0) is 28.6 Å². The number of carbonyl (C=O) groups excluding carboxylic acids is 3. The number of hydrogen-bond donors (Lipinski definition) is 0. The van der Waals surface area contributed by atoms with Crippen LogP contribution in [0.25, 0.3) is 0 Å². The van der Waals surface area contributed by atoms with E-state index in [4.69, 9.17) is 14.2 Å². The Morgan fingerprint density at radius 3 is 0.816 bits per heavy atom. The third-order valence-corrected chi connectivity index (χ3v) is 13.2. The third kappa shape index (κ3) is 60.7. The van der Waals surface area contributed by atoms with Crippen LogP contribution >= 0.6 is 0 Å². The van der Waals surface area contributed by atoms with Gasteiger partial charge in [0, 0.05) is 19.3 Å². The zero-order valence-corrected chi connectivity index (χ0v) is 49.5. The minimum Gasteiger partial charge on any atom is -0.462 e. The number of rotatable bonds is 56. The maximum absolute atomic E-state index is 12.8. The fourth-order valence-electron chi connectivity index (χ4n) is 8.49. The predicted molar refractivity (Wildman–Crippen MR) is 330 cm³/mol. The molecule has 0 saturated carbocycles. The molecule has 0 aromatic heterocycles. The van der Waals surface area contributed by atoms with Crippen LogP contribution in [0.2, 0.25) is 0 Å². The van der Waals surface area contributed by atoms with Crippen LogP contribution in [0.15, 0.2) is 122 Å². The van der Waals surface area contributed by atoms with E-state index in [1.165, 1.54) is 103 Å². The Morgan fingerprint density at radius 1 is 0.276 bits per heavy atom. The summed E-state index contributed by atoms with van der Waals surface area (Å²) in [5.74, 6) is -0.909. The number of esters is 3. The SMILES string of the molecule is CC/C=C\C/C=C\C/C=C\C/C=C\C/C=C\C/C=C\C/C=C\C/C=C\CCCCCCCCCCC(=O)OCC(COC(=O)CCCCCCCCCCC)OC(=O)CCCCCCC/C=C\C/C=C\CCCCCC. The van der Waals surface area contributed by atoms with E-state index in [2.05, 4.69) is 142 Å². The van der Waals surface area contributed by atoms with Gasteiger partial charge in [0.1, 0.15) is 13.2 Å². The van der Waals surface area contributed by atoms with Crippen LogP contribution in [0.5, 0.6) is 0 Å². The van der Waals surface area contributed by atoms with Crippen LogP contribution < -0.4 is 0 Å². The topological polar surface area (TPSA) is 78.9 Å². The highest BCUT2D eigenvalue weighted by Gasteiger charge is 2.19. The average Bonchev–Trinajstić information content (AvgIpc) is 3.42. The molecule has 432 valence electrons. The Morgan fingerprint density at radius 2 is 0.513 bits per heavy atom. The van der Waals surface area contributed by atoms with Crippen molar-refractivity contribution in [2.75, 3.05) is 13.2 Å². The fraction of sp³-hybridized carbons (Fsp3) is 0.671. The Labute approximate surface area is 469 Å². The first-order valence-corrected chi connectivity index (χ1v) is 31.5. The molecule has 0 amide bonds. The van der Waals surface area contributed by atoms with Crippen molar-refractivity contribution in [3.05, 3.63) is 122 Å². The zero-order chi connectivity index (χ0) is 55.0. The lowest BCUT2D eigenvalue weighted by molar-refractivity contribution is -0.167. The first kappa shape index (κ1) is 71.8. The molecule has 0 aliphatic rings. The second kappa shape index (κ2) is 63.3. The molecule has 0 N–H and O–H groups in total. The van der Waals surface area contributed by atoms with Gasteiger partial charge in [0.05, 0.1) is 0 Å². The molecule has 0 fully saturated rings. The van der Waals surface area contributed by atoms with Crippen molar-refractivity contribution in [3.8, 4) is 0 Å². The Bertz CT molecular complexity index is 1590. The van der Waals surface area contributed by atoms with Crippen molar-refractivity contribution in [3.63, 3.8) is 0 Å². The van der Waals surface area contributed by atoms with Crippen LogP contribution in [0.1, 0.15) is 284 Å². The monoisotopic (exact) mass is 1050 g/mol. The molecule has 0 aromatic rings. The van der Waals surface area contributed by atoms with E-state index in [0.717, 1.165) is 141 Å². The molecule has 1 unspecified atom stereocenters. The largest absolute Gasteiger partial charge is 0.462 e. The van der Waals surface area contributed by atoms with E-state index in [0.29, 0.717) is 19.3 Å². The molecule has 76 heavy (non-hydrogen) atoms. The lowest BCUT2D eigenvalue weighted by Crippen LogP contribution is -2.30. The summed E-state index contributed by atoms with van der Waals surface area (Å²) in [6.07, 6.45) is 87.8. The summed E-state index contributed by atoms with van der Waals surface area (Å²) in [5, 5.41) is 0. The number of hydrogen-bond acceptors (Lipinski definition) is 6. The molecule has 0 radical (unpaired) electrons. The van der Waals surface area contributed by atoms with Crippen molar-refractivity contribution >= 4 is 17.9 Å². The van der Waals surface area contributed by atoms with Gasteiger partial charge in [-0.05, 0) is 116 Å². The zero-order valence-electron chi connectivity index (χ0n) is 49.5. The second-order valence-corrected chi connectivity index (χ2v) is 20.6. The summed E-state index contributed by atoms with van der Waals surface area (Å²) < 4.78 is 16.8. The van der Waals surface area contributed by atoms with E-state index in [1.54, 1.807) is 0 Å². The minimum atomic E-state index is -0.789. The molecular weight excluding hydrogens is 937 g/mol. The van der Waals surface area contributed by atoms with Crippen LogP contribution in [0.4, 0.5) is 0 Å². The van der Waals surface area contributed by atoms with E-state index >= 15 is 0 Å². The van der Waals surface area contributed by atoms with Crippen molar-refractivity contribution in [1.82, 2.24) is 0 Å². The minimum absolute atomic E-state index is 0.0858. The maximum Gasteiger partial charge on any atom is 0.306 e. The molecule has 0 spiro atoms. The quantitative estimate of drug-likeness (QED) is 0.0261. The summed E-state index contributed by atoms with van der Waals surface area (Å²) >= 11 is 0. The van der Waals surface area contributed by atoms with Gasteiger partial charge >= 0.3 is 17.9 Å². The molecular formula is C70H116O6. The molecule has 6 nitrogen and oxygen atoms in total. The van der Waals surface area contributed by atoms with Crippen molar-refractivity contribution in [2.24, 2.45) is 0 Å². The Hall–Kier alpha value is -4.19. The predicted octanol–water partition coefficient (Wildman–Crippen LogP) is 21.6. The number of unbranched alkanes of at least 4 members (excludes halogenated alkanes) is 25. The molecule has 0 bridgehead atoms. The number of ether oxygens (including phenoxy) is 3. The lowest BCUT2D eigenvalue weighted by atomic mass is 10.1. The molecule has 0 heterocycles. The molecule has 0 aliphatic carbocycles. The molecule has 1 atom stereocenters. The van der Waals surface area contributed by atoms with Gasteiger partial charge in [-0.15, -0.1) is 0 Å². The molecule has 0 aliphatic heterocycles. The van der Waals surface area contributed by atoms with Crippen LogP contribution in [-0.4, -0.2) is 37.2 Å². The van der Waals surface area contributed by atoms with Crippen LogP contribution in [0, 0.1) is 0 Å². The van der Waals surface area contributed by atoms with E-state index < -0.39 is 6.10 Å². The Kier molecular flexibility index (Phi) is 59.9. The summed E-state index contributed by atoms with van der Waals surface area (Å²) in [6.45, 7) is 6.47. The van der Waals surface area contributed by atoms with Gasteiger partial charge in [-0.2, -0.15) is 0 Å². The number of carbonyl (C=O) groups is 3. The van der Waals surface area contributed by atoms with Crippen molar-refractivity contribution in [2.45, 2.75) is 290 Å². The summed E-state index contributed by atoms with van der Waals surface area (Å²) in [4.78, 5) is 38.1. The molecule has 0 rings (SSSR count). The third-order valence-electron chi connectivity index (χ3n) is 13.2. The van der Waals surface area contributed by atoms with E-state index in [1.807, 2.05) is 0 Å². The van der Waals surface area contributed by atoms with Gasteiger partial charge in [-0.25, -0.2) is 0 Å². The summed E-state index contributed by atoms with van der Waals surface area (Å²) in [5.41, 5.74) is 0. The van der Waals surface area contributed by atoms with Gasteiger partial charge in [0.2, 0.25) is 0 Å². The summed E-state index contributed by atoms with van der Waals surface area (Å²) in [6, 6.07) is 0. The van der Waals surface area contributed by atoms with Gasteiger partial charge in [0.25, 0.3) is 0 Å². The lowest BCUT2D eigenvalue weighted by Gasteiger charge is -2.18. The molecule has 0 aromatic carbocycles. The Balaban J connectivity index is 4.21. The van der Waals surface area contributed by atoms with Gasteiger partial charge in [0.15, 0.2) is 6.10 Å².